The molecular formula is C12H6BrClN2O5. The number of pyridine rings is 1. The second kappa shape index (κ2) is 6.06. The third kappa shape index (κ3) is 3.47. The standard InChI is InChI=1S/C12H6BrClN2O5/c13-11-7(16(19)20)2-1-3-8(11)21-10-5-6(12(17)18)4-9(14)15-10/h1-5H,(H,17,18). The van der Waals surface area contributed by atoms with Crippen LogP contribution in [0.2, 0.25) is 5.15 Å². The first kappa shape index (κ1) is 15.2. The number of halogens is 2. The smallest absolute Gasteiger partial charge is 0.335 e. The molecule has 9 heteroatoms. The van der Waals surface area contributed by atoms with Crippen LogP contribution in [-0.2, 0) is 0 Å². The van der Waals surface area contributed by atoms with Crippen LogP contribution in [-0.4, -0.2) is 21.0 Å². The molecule has 0 saturated carbocycles. The number of rotatable bonds is 4. The summed E-state index contributed by atoms with van der Waals surface area (Å²) in [4.78, 5) is 25.0. The number of nitro groups is 1. The topological polar surface area (TPSA) is 103 Å². The molecule has 0 aliphatic rings. The first-order chi connectivity index (χ1) is 9.88. The molecule has 0 saturated heterocycles. The number of carboxylic acid groups (broad SMARTS) is 1. The number of ether oxygens (including phenoxy) is 1. The Kier molecular flexibility index (Phi) is 4.39. The highest BCUT2D eigenvalue weighted by Gasteiger charge is 2.17. The minimum absolute atomic E-state index is 0.0635. The van der Waals surface area contributed by atoms with Crippen LogP contribution in [0.25, 0.3) is 0 Å². The van der Waals surface area contributed by atoms with Gasteiger partial charge in [0.15, 0.2) is 5.75 Å². The maximum absolute atomic E-state index is 10.9. The van der Waals surface area contributed by atoms with Crippen LogP contribution >= 0.6 is 27.5 Å². The largest absolute Gasteiger partial charge is 0.478 e. The summed E-state index contributed by atoms with van der Waals surface area (Å²) >= 11 is 8.77. The molecule has 1 aromatic carbocycles. The molecule has 0 amide bonds. The van der Waals surface area contributed by atoms with Crippen molar-refractivity contribution < 1.29 is 19.6 Å². The van der Waals surface area contributed by atoms with Crippen molar-refractivity contribution in [3.63, 3.8) is 0 Å². The molecule has 2 rings (SSSR count). The Labute approximate surface area is 131 Å². The highest BCUT2D eigenvalue weighted by atomic mass is 79.9. The second-order valence-electron chi connectivity index (χ2n) is 3.77. The molecule has 1 aromatic heterocycles. The van der Waals surface area contributed by atoms with Gasteiger partial charge in [0, 0.05) is 12.1 Å². The van der Waals surface area contributed by atoms with E-state index in [4.69, 9.17) is 21.4 Å². The van der Waals surface area contributed by atoms with E-state index in [-0.39, 0.29) is 32.5 Å². The van der Waals surface area contributed by atoms with Crippen molar-refractivity contribution in [1.29, 1.82) is 0 Å². The van der Waals surface area contributed by atoms with Gasteiger partial charge in [-0.05, 0) is 28.1 Å². The lowest BCUT2D eigenvalue weighted by molar-refractivity contribution is -0.385. The number of benzene rings is 1. The van der Waals surface area contributed by atoms with Gasteiger partial charge in [-0.25, -0.2) is 9.78 Å². The molecule has 7 nitrogen and oxygen atoms in total. The highest BCUT2D eigenvalue weighted by Crippen LogP contribution is 2.36. The van der Waals surface area contributed by atoms with Crippen molar-refractivity contribution in [1.82, 2.24) is 4.98 Å². The Morgan fingerprint density at radius 1 is 1.43 bits per heavy atom. The van der Waals surface area contributed by atoms with E-state index in [2.05, 4.69) is 20.9 Å². The Morgan fingerprint density at radius 2 is 2.14 bits per heavy atom. The molecule has 0 aliphatic carbocycles. The average Bonchev–Trinajstić information content (AvgIpc) is 2.40. The van der Waals surface area contributed by atoms with Crippen LogP contribution in [0.4, 0.5) is 5.69 Å². The van der Waals surface area contributed by atoms with Crippen molar-refractivity contribution in [3.05, 3.63) is 55.6 Å². The molecule has 0 spiro atoms. The Bertz CT molecular complexity index is 738. The zero-order valence-electron chi connectivity index (χ0n) is 10.1. The van der Waals surface area contributed by atoms with E-state index in [1.807, 2.05) is 0 Å². The van der Waals surface area contributed by atoms with Crippen LogP contribution in [0.5, 0.6) is 11.6 Å². The lowest BCUT2D eigenvalue weighted by atomic mass is 10.2. The normalized spacial score (nSPS) is 10.2. The monoisotopic (exact) mass is 372 g/mol. The Hall–Kier alpha value is -2.19. The molecule has 21 heavy (non-hydrogen) atoms. The van der Waals surface area contributed by atoms with Gasteiger partial charge in [-0.15, -0.1) is 0 Å². The second-order valence-corrected chi connectivity index (χ2v) is 4.95. The van der Waals surface area contributed by atoms with E-state index < -0.39 is 10.9 Å². The van der Waals surface area contributed by atoms with Crippen molar-refractivity contribution in [3.8, 4) is 11.6 Å². The quantitative estimate of drug-likeness (QED) is 0.495. The number of carboxylic acids is 1. The molecular weight excluding hydrogens is 367 g/mol. The van der Waals surface area contributed by atoms with E-state index in [1.54, 1.807) is 0 Å². The lowest BCUT2D eigenvalue weighted by Gasteiger charge is -2.08. The van der Waals surface area contributed by atoms with Gasteiger partial charge in [0.1, 0.15) is 9.63 Å². The first-order valence-corrected chi connectivity index (χ1v) is 6.57. The molecule has 0 atom stereocenters. The van der Waals surface area contributed by atoms with Gasteiger partial charge in [0.25, 0.3) is 5.69 Å². The Balaban J connectivity index is 2.41. The van der Waals surface area contributed by atoms with Crippen LogP contribution in [0.3, 0.4) is 0 Å². The molecule has 0 unspecified atom stereocenters. The molecule has 0 aliphatic heterocycles. The van der Waals surface area contributed by atoms with Crippen LogP contribution in [0, 0.1) is 10.1 Å². The fourth-order valence-electron chi connectivity index (χ4n) is 1.48. The zero-order valence-corrected chi connectivity index (χ0v) is 12.5. The van der Waals surface area contributed by atoms with Crippen molar-refractivity contribution in [2.75, 3.05) is 0 Å². The predicted molar refractivity (Wildman–Crippen MR) is 77.1 cm³/mol. The maximum Gasteiger partial charge on any atom is 0.335 e. The lowest BCUT2D eigenvalue weighted by Crippen LogP contribution is -1.99. The fourth-order valence-corrected chi connectivity index (χ4v) is 2.17. The van der Waals surface area contributed by atoms with Crippen LogP contribution in [0.1, 0.15) is 10.4 Å². The van der Waals surface area contributed by atoms with Gasteiger partial charge in [0.2, 0.25) is 5.88 Å². The summed E-state index contributed by atoms with van der Waals surface area (Å²) in [6, 6.07) is 6.53. The summed E-state index contributed by atoms with van der Waals surface area (Å²) in [5, 5.41) is 19.7. The summed E-state index contributed by atoms with van der Waals surface area (Å²) in [5.41, 5.74) is -0.292. The summed E-state index contributed by atoms with van der Waals surface area (Å²) in [6.07, 6.45) is 0. The maximum atomic E-state index is 10.9. The molecule has 1 N–H and O–H groups in total. The van der Waals surface area contributed by atoms with Crippen molar-refractivity contribution >= 4 is 39.2 Å². The highest BCUT2D eigenvalue weighted by molar-refractivity contribution is 9.10. The fraction of sp³-hybridized carbons (Fsp3) is 0. The van der Waals surface area contributed by atoms with Gasteiger partial charge in [0.05, 0.1) is 10.5 Å². The number of aromatic nitrogens is 1. The van der Waals surface area contributed by atoms with Gasteiger partial charge in [-0.3, -0.25) is 10.1 Å². The molecule has 0 fully saturated rings. The van der Waals surface area contributed by atoms with E-state index in [0.717, 1.165) is 0 Å². The van der Waals surface area contributed by atoms with Crippen molar-refractivity contribution in [2.45, 2.75) is 0 Å². The Morgan fingerprint density at radius 3 is 2.76 bits per heavy atom. The summed E-state index contributed by atoms with van der Waals surface area (Å²) in [6.45, 7) is 0. The molecule has 1 heterocycles. The minimum atomic E-state index is -1.19. The van der Waals surface area contributed by atoms with Gasteiger partial charge in [-0.2, -0.15) is 0 Å². The number of carbonyl (C=O) groups is 1. The van der Waals surface area contributed by atoms with Gasteiger partial charge in [-0.1, -0.05) is 17.7 Å². The third-order valence-electron chi connectivity index (χ3n) is 2.37. The van der Waals surface area contributed by atoms with E-state index in [1.165, 1.54) is 30.3 Å². The first-order valence-electron chi connectivity index (χ1n) is 5.40. The summed E-state index contributed by atoms with van der Waals surface area (Å²) in [5.74, 6) is -1.15. The van der Waals surface area contributed by atoms with E-state index in [9.17, 15) is 14.9 Å². The number of hydrogen-bond acceptors (Lipinski definition) is 5. The third-order valence-corrected chi connectivity index (χ3v) is 3.36. The molecule has 0 radical (unpaired) electrons. The molecule has 2 aromatic rings. The minimum Gasteiger partial charge on any atom is -0.478 e. The molecule has 0 bridgehead atoms. The predicted octanol–water partition coefficient (Wildman–Crippen LogP) is 3.90. The van der Waals surface area contributed by atoms with E-state index >= 15 is 0 Å². The SMILES string of the molecule is O=C(O)c1cc(Cl)nc(Oc2cccc([N+](=O)[O-])c2Br)c1. The summed E-state index contributed by atoms with van der Waals surface area (Å²) in [7, 11) is 0. The van der Waals surface area contributed by atoms with Crippen molar-refractivity contribution in [2.24, 2.45) is 0 Å². The number of nitro benzene ring substituents is 1. The van der Waals surface area contributed by atoms with Crippen LogP contribution < -0.4 is 4.74 Å². The number of hydrogen-bond donors (Lipinski definition) is 1. The number of nitrogens with zero attached hydrogens (tertiary/aromatic N) is 2. The van der Waals surface area contributed by atoms with Gasteiger partial charge < -0.3 is 9.84 Å². The van der Waals surface area contributed by atoms with E-state index in [0.29, 0.717) is 0 Å². The summed E-state index contributed by atoms with van der Waals surface area (Å²) < 4.78 is 5.48. The average molecular weight is 374 g/mol. The number of aromatic carboxylic acids is 1. The zero-order chi connectivity index (χ0) is 15.6. The van der Waals surface area contributed by atoms with Gasteiger partial charge >= 0.3 is 5.97 Å². The van der Waals surface area contributed by atoms with Crippen LogP contribution in [0.15, 0.2) is 34.8 Å². The molecule has 108 valence electrons.